The van der Waals surface area contributed by atoms with Crippen molar-refractivity contribution >= 4 is 22.8 Å². The molecule has 1 aromatic carbocycles. The van der Waals surface area contributed by atoms with Crippen LogP contribution in [0.2, 0.25) is 0 Å². The van der Waals surface area contributed by atoms with E-state index in [0.29, 0.717) is 41.9 Å². The van der Waals surface area contributed by atoms with Crippen LogP contribution in [0.1, 0.15) is 18.2 Å². The van der Waals surface area contributed by atoms with Crippen LogP contribution in [0.25, 0.3) is 10.9 Å². The number of halogens is 1. The molecule has 1 aromatic heterocycles. The molecule has 3 aliphatic rings. The first-order valence-corrected chi connectivity index (χ1v) is 10.5. The number of nitrogens with zero attached hydrogens (tertiary/aromatic N) is 2. The number of amides is 1. The topological polar surface area (TPSA) is 62.5 Å². The number of aliphatic carboxylic acids is 1. The minimum Gasteiger partial charge on any atom is -0.480 e. The van der Waals surface area contributed by atoms with Gasteiger partial charge in [0.15, 0.2) is 0 Å². The van der Waals surface area contributed by atoms with Crippen molar-refractivity contribution in [2.24, 2.45) is 11.8 Å². The largest absolute Gasteiger partial charge is 0.480 e. The van der Waals surface area contributed by atoms with Gasteiger partial charge in [0.1, 0.15) is 12.4 Å². The SMILES string of the molecule is CC1C=CC(C(=O)N2CCc3c(c4cc(F)ccc4n3CC(=O)O)C2)=C2C=CC=CC21. The molecule has 0 bridgehead atoms. The Labute approximate surface area is 179 Å². The molecule has 5 nitrogen and oxygen atoms in total. The predicted molar refractivity (Wildman–Crippen MR) is 116 cm³/mol. The Morgan fingerprint density at radius 1 is 1.19 bits per heavy atom. The molecule has 0 radical (unpaired) electrons. The summed E-state index contributed by atoms with van der Waals surface area (Å²) in [6, 6.07) is 4.41. The second kappa shape index (κ2) is 7.38. The standard InChI is InChI=1S/C25H23FN2O3/c1-15-6-8-19(18-5-3-2-4-17(15)18)25(31)27-11-10-23-21(13-27)20-12-16(26)7-9-22(20)28(23)14-24(29)30/h2-9,12,15,17H,10-11,13-14H2,1H3,(H,29,30). The van der Waals surface area contributed by atoms with E-state index in [1.165, 1.54) is 12.1 Å². The van der Waals surface area contributed by atoms with E-state index < -0.39 is 5.97 Å². The van der Waals surface area contributed by atoms with Gasteiger partial charge < -0.3 is 14.6 Å². The Hall–Kier alpha value is -3.41. The average molecular weight is 418 g/mol. The maximum absolute atomic E-state index is 14.0. The van der Waals surface area contributed by atoms with Gasteiger partial charge in [0.25, 0.3) is 5.91 Å². The third-order valence-electron chi connectivity index (χ3n) is 6.54. The summed E-state index contributed by atoms with van der Waals surface area (Å²) in [5.41, 5.74) is 4.14. The fourth-order valence-electron chi connectivity index (χ4n) is 5.03. The van der Waals surface area contributed by atoms with E-state index in [9.17, 15) is 19.1 Å². The average Bonchev–Trinajstić information content (AvgIpc) is 3.05. The van der Waals surface area contributed by atoms with Crippen LogP contribution >= 0.6 is 0 Å². The summed E-state index contributed by atoms with van der Waals surface area (Å²) in [4.78, 5) is 26.7. The predicted octanol–water partition coefficient (Wildman–Crippen LogP) is 3.99. The maximum Gasteiger partial charge on any atom is 0.323 e. The van der Waals surface area contributed by atoms with Crippen LogP contribution < -0.4 is 0 Å². The van der Waals surface area contributed by atoms with Crippen molar-refractivity contribution in [2.75, 3.05) is 6.54 Å². The molecule has 1 amide bonds. The number of hydrogen-bond acceptors (Lipinski definition) is 2. The number of benzene rings is 1. The first kappa shape index (κ1) is 19.5. The minimum atomic E-state index is -0.945. The quantitative estimate of drug-likeness (QED) is 0.820. The number of carboxylic acids is 1. The fraction of sp³-hybridized carbons (Fsp3) is 0.280. The molecular formula is C25H23FN2O3. The highest BCUT2D eigenvalue weighted by Gasteiger charge is 2.32. The number of hydrogen-bond donors (Lipinski definition) is 1. The minimum absolute atomic E-state index is 0.0377. The van der Waals surface area contributed by atoms with Crippen molar-refractivity contribution in [1.82, 2.24) is 9.47 Å². The number of carbonyl (C=O) groups excluding carboxylic acids is 1. The Morgan fingerprint density at radius 2 is 2.03 bits per heavy atom. The first-order valence-electron chi connectivity index (χ1n) is 10.5. The van der Waals surface area contributed by atoms with Crippen LogP contribution in [0.15, 0.2) is 65.8 Å². The zero-order valence-corrected chi connectivity index (χ0v) is 17.2. The first-order chi connectivity index (χ1) is 14.9. The van der Waals surface area contributed by atoms with Crippen LogP contribution in [-0.4, -0.2) is 33.0 Å². The van der Waals surface area contributed by atoms with Gasteiger partial charge in [-0.05, 0) is 29.7 Å². The summed E-state index contributed by atoms with van der Waals surface area (Å²) in [5.74, 6) is -0.829. The van der Waals surface area contributed by atoms with E-state index in [4.69, 9.17) is 0 Å². The van der Waals surface area contributed by atoms with Crippen molar-refractivity contribution in [3.05, 3.63) is 82.9 Å². The number of carboxylic acid groups (broad SMARTS) is 1. The molecule has 158 valence electrons. The molecule has 2 unspecified atom stereocenters. The van der Waals surface area contributed by atoms with Gasteiger partial charge in [-0.3, -0.25) is 9.59 Å². The summed E-state index contributed by atoms with van der Waals surface area (Å²) in [6.07, 6.45) is 12.7. The third-order valence-corrected chi connectivity index (χ3v) is 6.54. The molecule has 2 aromatic rings. The molecule has 5 rings (SSSR count). The number of aromatic nitrogens is 1. The zero-order valence-electron chi connectivity index (χ0n) is 17.2. The lowest BCUT2D eigenvalue weighted by Gasteiger charge is -2.32. The molecule has 0 spiro atoms. The third kappa shape index (κ3) is 3.23. The van der Waals surface area contributed by atoms with Gasteiger partial charge in [0.05, 0.1) is 0 Å². The van der Waals surface area contributed by atoms with Gasteiger partial charge in [0.2, 0.25) is 0 Å². The molecule has 0 saturated carbocycles. The van der Waals surface area contributed by atoms with Gasteiger partial charge in [-0.25, -0.2) is 4.39 Å². The van der Waals surface area contributed by atoms with Gasteiger partial charge >= 0.3 is 5.97 Å². The normalized spacial score (nSPS) is 22.1. The van der Waals surface area contributed by atoms with E-state index in [-0.39, 0.29) is 24.2 Å². The lowest BCUT2D eigenvalue weighted by molar-refractivity contribution is -0.137. The summed E-state index contributed by atoms with van der Waals surface area (Å²) in [5, 5.41) is 10.0. The Bertz CT molecular complexity index is 1230. The highest BCUT2D eigenvalue weighted by Crippen LogP contribution is 2.36. The highest BCUT2D eigenvalue weighted by molar-refractivity contribution is 5.99. The Kier molecular flexibility index (Phi) is 4.65. The molecule has 1 aliphatic heterocycles. The molecule has 1 N–H and O–H groups in total. The molecule has 2 heterocycles. The molecule has 31 heavy (non-hydrogen) atoms. The number of fused-ring (bicyclic) bond motifs is 4. The summed E-state index contributed by atoms with van der Waals surface area (Å²) in [7, 11) is 0. The summed E-state index contributed by atoms with van der Waals surface area (Å²) < 4.78 is 15.7. The lowest BCUT2D eigenvalue weighted by Crippen LogP contribution is -2.38. The maximum atomic E-state index is 14.0. The zero-order chi connectivity index (χ0) is 21.7. The number of carbonyl (C=O) groups is 2. The molecule has 2 aliphatic carbocycles. The molecule has 0 fully saturated rings. The van der Waals surface area contributed by atoms with Crippen molar-refractivity contribution in [2.45, 2.75) is 26.4 Å². The lowest BCUT2D eigenvalue weighted by atomic mass is 9.77. The van der Waals surface area contributed by atoms with Crippen LogP contribution in [0.5, 0.6) is 0 Å². The van der Waals surface area contributed by atoms with E-state index in [1.54, 1.807) is 15.5 Å². The van der Waals surface area contributed by atoms with Crippen molar-refractivity contribution in [1.29, 1.82) is 0 Å². The van der Waals surface area contributed by atoms with Crippen LogP contribution in [-0.2, 0) is 29.1 Å². The fourth-order valence-corrected chi connectivity index (χ4v) is 5.03. The van der Waals surface area contributed by atoms with E-state index in [2.05, 4.69) is 19.1 Å². The highest BCUT2D eigenvalue weighted by atomic mass is 19.1. The Morgan fingerprint density at radius 3 is 2.84 bits per heavy atom. The van der Waals surface area contributed by atoms with Crippen LogP contribution in [0.3, 0.4) is 0 Å². The van der Waals surface area contributed by atoms with Gasteiger partial charge in [-0.15, -0.1) is 0 Å². The summed E-state index contributed by atoms with van der Waals surface area (Å²) in [6.45, 7) is 2.80. The number of allylic oxidation sites excluding steroid dienone is 6. The number of rotatable bonds is 3. The van der Waals surface area contributed by atoms with Gasteiger partial charge in [-0.2, -0.15) is 0 Å². The Balaban J connectivity index is 1.53. The smallest absolute Gasteiger partial charge is 0.323 e. The molecule has 2 atom stereocenters. The second-order valence-electron chi connectivity index (χ2n) is 8.40. The van der Waals surface area contributed by atoms with Crippen LogP contribution in [0.4, 0.5) is 4.39 Å². The van der Waals surface area contributed by atoms with Gasteiger partial charge in [-0.1, -0.05) is 43.4 Å². The van der Waals surface area contributed by atoms with Crippen LogP contribution in [0, 0.1) is 17.7 Å². The van der Waals surface area contributed by atoms with E-state index in [0.717, 1.165) is 16.8 Å². The molecule has 6 heteroatoms. The van der Waals surface area contributed by atoms with Gasteiger partial charge in [0, 0.05) is 53.2 Å². The monoisotopic (exact) mass is 418 g/mol. The van der Waals surface area contributed by atoms with Crippen molar-refractivity contribution in [3.8, 4) is 0 Å². The van der Waals surface area contributed by atoms with E-state index in [1.807, 2.05) is 24.3 Å². The second-order valence-corrected chi connectivity index (χ2v) is 8.40. The molecular weight excluding hydrogens is 395 g/mol. The summed E-state index contributed by atoms with van der Waals surface area (Å²) >= 11 is 0. The molecule has 0 saturated heterocycles. The van der Waals surface area contributed by atoms with Crippen molar-refractivity contribution < 1.29 is 19.1 Å². The van der Waals surface area contributed by atoms with Crippen molar-refractivity contribution in [3.63, 3.8) is 0 Å². The van der Waals surface area contributed by atoms with E-state index >= 15 is 0 Å².